The maximum Gasteiger partial charge on any atom is 0.244 e. The summed E-state index contributed by atoms with van der Waals surface area (Å²) in [5, 5.41) is 13.3. The van der Waals surface area contributed by atoms with Gasteiger partial charge in [0, 0.05) is 24.2 Å². The molecule has 148 valence electrons. The third kappa shape index (κ3) is 3.57. The number of aliphatic hydroxyl groups is 1. The Balaban J connectivity index is 1.32. The van der Waals surface area contributed by atoms with Gasteiger partial charge >= 0.3 is 0 Å². The first-order valence-corrected chi connectivity index (χ1v) is 9.51. The van der Waals surface area contributed by atoms with Crippen molar-refractivity contribution in [2.75, 3.05) is 6.54 Å². The summed E-state index contributed by atoms with van der Waals surface area (Å²) in [4.78, 5) is 15.4. The van der Waals surface area contributed by atoms with Crippen LogP contribution >= 0.6 is 0 Å². The van der Waals surface area contributed by atoms with E-state index in [-0.39, 0.29) is 12.6 Å². The lowest BCUT2D eigenvalue weighted by molar-refractivity contribution is 0.182. The number of hydrogen-bond acceptors (Lipinski definition) is 8. The average molecular weight is 392 g/mol. The van der Waals surface area contributed by atoms with Crippen molar-refractivity contribution >= 4 is 0 Å². The molecule has 9 nitrogen and oxygen atoms in total. The minimum Gasteiger partial charge on any atom is -0.462 e. The van der Waals surface area contributed by atoms with Crippen LogP contribution in [0.15, 0.2) is 58.1 Å². The number of pyridine rings is 1. The number of aliphatic hydroxyl groups excluding tert-OH is 1. The normalized spacial score (nSPS) is 17.2. The first kappa shape index (κ1) is 17.8. The van der Waals surface area contributed by atoms with Crippen molar-refractivity contribution in [3.63, 3.8) is 0 Å². The van der Waals surface area contributed by atoms with Crippen molar-refractivity contribution in [2.45, 2.75) is 32.0 Å². The Morgan fingerprint density at radius 3 is 2.86 bits per heavy atom. The SMILES string of the molecule is OCc1ccc(CN2CCCC2c2nc(-c3ccc(-n4ccnc4)nc3)no2)o1. The number of nitrogens with zero attached hydrogens (tertiary/aromatic N) is 6. The summed E-state index contributed by atoms with van der Waals surface area (Å²) >= 11 is 0. The highest BCUT2D eigenvalue weighted by Gasteiger charge is 2.31. The van der Waals surface area contributed by atoms with E-state index < -0.39 is 0 Å². The van der Waals surface area contributed by atoms with Crippen LogP contribution in [-0.2, 0) is 13.2 Å². The highest BCUT2D eigenvalue weighted by atomic mass is 16.5. The number of aromatic nitrogens is 5. The minimum atomic E-state index is -0.0931. The van der Waals surface area contributed by atoms with Crippen LogP contribution in [0.3, 0.4) is 0 Å². The van der Waals surface area contributed by atoms with Gasteiger partial charge in [0.15, 0.2) is 0 Å². The van der Waals surface area contributed by atoms with Crippen molar-refractivity contribution in [3.8, 4) is 17.2 Å². The van der Waals surface area contributed by atoms with Crippen LogP contribution in [0.5, 0.6) is 0 Å². The molecule has 0 amide bonds. The Labute approximate surface area is 166 Å². The van der Waals surface area contributed by atoms with E-state index in [4.69, 9.17) is 8.94 Å². The van der Waals surface area contributed by atoms with E-state index >= 15 is 0 Å². The second-order valence-electron chi connectivity index (χ2n) is 6.99. The van der Waals surface area contributed by atoms with Gasteiger partial charge in [0.1, 0.15) is 30.3 Å². The number of furan rings is 1. The molecule has 1 aliphatic rings. The molecule has 1 N–H and O–H groups in total. The van der Waals surface area contributed by atoms with Gasteiger partial charge in [0.05, 0.1) is 12.6 Å². The molecule has 1 atom stereocenters. The lowest BCUT2D eigenvalue weighted by atomic mass is 10.2. The van der Waals surface area contributed by atoms with E-state index in [0.29, 0.717) is 24.0 Å². The standard InChI is InChI=1S/C20H20N6O3/c27-12-16-5-4-15(28-16)11-25-8-1-2-17(25)20-23-19(24-29-20)14-3-6-18(22-10-14)26-9-7-21-13-26/h3-7,9-10,13,17,27H,1-2,8,11-12H2. The van der Waals surface area contributed by atoms with Gasteiger partial charge in [-0.1, -0.05) is 5.16 Å². The summed E-state index contributed by atoms with van der Waals surface area (Å²) in [6, 6.07) is 7.56. The molecule has 0 aliphatic carbocycles. The average Bonchev–Trinajstić information content (AvgIpc) is 3.55. The molecule has 5 heterocycles. The van der Waals surface area contributed by atoms with Gasteiger partial charge in [-0.05, 0) is 43.7 Å². The molecule has 1 aliphatic heterocycles. The fourth-order valence-corrected chi connectivity index (χ4v) is 3.64. The van der Waals surface area contributed by atoms with Gasteiger partial charge in [-0.2, -0.15) is 4.98 Å². The highest BCUT2D eigenvalue weighted by Crippen LogP contribution is 2.33. The summed E-state index contributed by atoms with van der Waals surface area (Å²) < 4.78 is 13.0. The second-order valence-corrected chi connectivity index (χ2v) is 6.99. The summed E-state index contributed by atoms with van der Waals surface area (Å²) in [6.07, 6.45) is 8.98. The van der Waals surface area contributed by atoms with Crippen molar-refractivity contribution in [1.82, 2.24) is 29.6 Å². The van der Waals surface area contributed by atoms with E-state index in [1.54, 1.807) is 24.8 Å². The highest BCUT2D eigenvalue weighted by molar-refractivity contribution is 5.53. The first-order chi connectivity index (χ1) is 14.3. The van der Waals surface area contributed by atoms with Crippen molar-refractivity contribution < 1.29 is 14.0 Å². The van der Waals surface area contributed by atoms with Crippen molar-refractivity contribution in [2.24, 2.45) is 0 Å². The topological polar surface area (TPSA) is 106 Å². The smallest absolute Gasteiger partial charge is 0.244 e. The largest absolute Gasteiger partial charge is 0.462 e. The predicted octanol–water partition coefficient (Wildman–Crippen LogP) is 2.74. The molecule has 0 bridgehead atoms. The van der Waals surface area contributed by atoms with E-state index in [1.807, 2.05) is 29.0 Å². The zero-order valence-corrected chi connectivity index (χ0v) is 15.7. The second kappa shape index (κ2) is 7.61. The van der Waals surface area contributed by atoms with Crippen molar-refractivity contribution in [3.05, 3.63) is 66.6 Å². The van der Waals surface area contributed by atoms with Gasteiger partial charge in [0.2, 0.25) is 11.7 Å². The lowest BCUT2D eigenvalue weighted by Gasteiger charge is -2.19. The fourth-order valence-electron chi connectivity index (χ4n) is 3.64. The number of imidazole rings is 1. The van der Waals surface area contributed by atoms with Gasteiger partial charge in [-0.25, -0.2) is 9.97 Å². The van der Waals surface area contributed by atoms with Crippen LogP contribution in [0.1, 0.15) is 36.3 Å². The predicted molar refractivity (Wildman–Crippen MR) is 102 cm³/mol. The van der Waals surface area contributed by atoms with E-state index in [1.165, 1.54) is 0 Å². The van der Waals surface area contributed by atoms with Crippen LogP contribution in [0.25, 0.3) is 17.2 Å². The number of likely N-dealkylation sites (tertiary alicyclic amines) is 1. The third-order valence-electron chi connectivity index (χ3n) is 5.10. The minimum absolute atomic E-state index is 0.0529. The van der Waals surface area contributed by atoms with Crippen LogP contribution in [0.4, 0.5) is 0 Å². The lowest BCUT2D eigenvalue weighted by Crippen LogP contribution is -2.22. The van der Waals surface area contributed by atoms with Crippen LogP contribution in [0.2, 0.25) is 0 Å². The van der Waals surface area contributed by atoms with Gasteiger partial charge < -0.3 is 14.0 Å². The summed E-state index contributed by atoms with van der Waals surface area (Å²) in [5.41, 5.74) is 0.798. The molecule has 0 spiro atoms. The van der Waals surface area contributed by atoms with E-state index in [0.717, 1.165) is 36.5 Å². The van der Waals surface area contributed by atoms with Gasteiger partial charge in [-0.15, -0.1) is 0 Å². The number of rotatable bonds is 6. The van der Waals surface area contributed by atoms with Crippen LogP contribution < -0.4 is 0 Å². The van der Waals surface area contributed by atoms with Gasteiger partial charge in [0.25, 0.3) is 0 Å². The summed E-state index contributed by atoms with van der Waals surface area (Å²) in [5.74, 6) is 3.29. The molecule has 5 rings (SSSR count). The molecule has 4 aromatic rings. The molecule has 1 fully saturated rings. The first-order valence-electron chi connectivity index (χ1n) is 9.51. The monoisotopic (exact) mass is 392 g/mol. The summed E-state index contributed by atoms with van der Waals surface area (Å²) in [6.45, 7) is 1.48. The van der Waals surface area contributed by atoms with Crippen LogP contribution in [-0.4, -0.2) is 41.2 Å². The Kier molecular flexibility index (Phi) is 4.66. The molecule has 1 unspecified atom stereocenters. The number of hydrogen-bond donors (Lipinski definition) is 1. The third-order valence-corrected chi connectivity index (χ3v) is 5.10. The molecule has 29 heavy (non-hydrogen) atoms. The van der Waals surface area contributed by atoms with Gasteiger partial charge in [-0.3, -0.25) is 9.47 Å². The zero-order chi connectivity index (χ0) is 19.6. The van der Waals surface area contributed by atoms with E-state index in [9.17, 15) is 5.11 Å². The van der Waals surface area contributed by atoms with Crippen LogP contribution in [0, 0.1) is 0 Å². The maximum atomic E-state index is 9.17. The quantitative estimate of drug-likeness (QED) is 0.534. The van der Waals surface area contributed by atoms with E-state index in [2.05, 4.69) is 25.0 Å². The molecule has 0 radical (unpaired) electrons. The zero-order valence-electron chi connectivity index (χ0n) is 15.7. The van der Waals surface area contributed by atoms with Crippen molar-refractivity contribution in [1.29, 1.82) is 0 Å². The maximum absolute atomic E-state index is 9.17. The Morgan fingerprint density at radius 1 is 1.17 bits per heavy atom. The Hall–Kier alpha value is -3.30. The molecule has 9 heteroatoms. The fraction of sp³-hybridized carbons (Fsp3) is 0.300. The molecule has 4 aromatic heterocycles. The molecular weight excluding hydrogens is 372 g/mol. The molecule has 0 saturated carbocycles. The molecule has 1 saturated heterocycles. The Morgan fingerprint density at radius 2 is 2.10 bits per heavy atom. The Bertz CT molecular complexity index is 1070. The molecule has 0 aromatic carbocycles. The molecular formula is C20H20N6O3. The summed E-state index contributed by atoms with van der Waals surface area (Å²) in [7, 11) is 0.